The smallest absolute Gasteiger partial charge is 0.160 e. The zero-order valence-corrected chi connectivity index (χ0v) is 17.7. The van der Waals surface area contributed by atoms with E-state index < -0.39 is 0 Å². The number of hydrogen-bond acceptors (Lipinski definition) is 3. The second-order valence-corrected chi connectivity index (χ2v) is 8.18. The highest BCUT2D eigenvalue weighted by Gasteiger charge is 2.19. The molecule has 3 heterocycles. The number of pyridine rings is 1. The maximum Gasteiger partial charge on any atom is 0.160 e. The Morgan fingerprint density at radius 2 is 0.967 bits per heavy atom. The molecule has 0 unspecified atom stereocenters. The molecule has 5 rings (SSSR count). The molecule has 5 nitrogen and oxygen atoms in total. The molecule has 0 amide bonds. The minimum atomic E-state index is 0.276. The van der Waals surface area contributed by atoms with Crippen LogP contribution in [0.4, 0.5) is 0 Å². The second-order valence-electron chi connectivity index (χ2n) is 8.18. The van der Waals surface area contributed by atoms with Gasteiger partial charge in [-0.2, -0.15) is 0 Å². The summed E-state index contributed by atoms with van der Waals surface area (Å²) in [6, 6.07) is 23.2. The summed E-state index contributed by atoms with van der Waals surface area (Å²) < 4.78 is 4.51. The third-order valence-electron chi connectivity index (χ3n) is 5.43. The Bertz CT molecular complexity index is 1260. The van der Waals surface area contributed by atoms with Gasteiger partial charge in [0.1, 0.15) is 11.4 Å². The van der Waals surface area contributed by atoms with E-state index in [1.54, 1.807) is 0 Å². The van der Waals surface area contributed by atoms with Gasteiger partial charge in [0.25, 0.3) is 0 Å². The van der Waals surface area contributed by atoms with E-state index in [0.29, 0.717) is 0 Å². The van der Waals surface area contributed by atoms with Gasteiger partial charge in [0, 0.05) is 12.1 Å². The van der Waals surface area contributed by atoms with Crippen molar-refractivity contribution < 1.29 is 0 Å². The van der Waals surface area contributed by atoms with Crippen LogP contribution in [-0.2, 0) is 0 Å². The highest BCUT2D eigenvalue weighted by atomic mass is 15.1. The Morgan fingerprint density at radius 1 is 0.533 bits per heavy atom. The van der Waals surface area contributed by atoms with Gasteiger partial charge in [-0.15, -0.1) is 0 Å². The van der Waals surface area contributed by atoms with Crippen molar-refractivity contribution in [3.63, 3.8) is 0 Å². The molecule has 5 heteroatoms. The standard InChI is InChI=1S/C25H25N5/c1-16(2)29-22-14-7-5-10-18(22)27-24(29)20-12-9-13-21(26-20)25-28-19-11-6-8-15-23(19)30(25)17(3)4/h5-17H,1-4H3. The summed E-state index contributed by atoms with van der Waals surface area (Å²) in [6.07, 6.45) is 0. The van der Waals surface area contributed by atoms with Crippen LogP contribution in [-0.4, -0.2) is 24.1 Å². The number of nitrogens with zero attached hydrogens (tertiary/aromatic N) is 5. The van der Waals surface area contributed by atoms with Crippen molar-refractivity contribution in [2.75, 3.05) is 0 Å². The molecular weight excluding hydrogens is 370 g/mol. The van der Waals surface area contributed by atoms with Crippen LogP contribution < -0.4 is 0 Å². The third-order valence-corrected chi connectivity index (χ3v) is 5.43. The molecule has 0 saturated carbocycles. The first-order valence-electron chi connectivity index (χ1n) is 10.5. The fraction of sp³-hybridized carbons (Fsp3) is 0.240. The van der Waals surface area contributed by atoms with Crippen LogP contribution in [0, 0.1) is 0 Å². The first-order chi connectivity index (χ1) is 14.5. The van der Waals surface area contributed by atoms with Crippen LogP contribution in [0.15, 0.2) is 66.7 Å². The van der Waals surface area contributed by atoms with Crippen molar-refractivity contribution in [2.24, 2.45) is 0 Å². The van der Waals surface area contributed by atoms with E-state index in [1.165, 1.54) is 0 Å². The quantitative estimate of drug-likeness (QED) is 0.360. The largest absolute Gasteiger partial charge is 0.320 e. The van der Waals surface area contributed by atoms with E-state index >= 15 is 0 Å². The van der Waals surface area contributed by atoms with Crippen molar-refractivity contribution in [2.45, 2.75) is 39.8 Å². The van der Waals surface area contributed by atoms with Crippen molar-refractivity contribution in [3.05, 3.63) is 66.7 Å². The Balaban J connectivity index is 1.72. The zero-order chi connectivity index (χ0) is 20.8. The molecule has 0 aliphatic carbocycles. The monoisotopic (exact) mass is 395 g/mol. The topological polar surface area (TPSA) is 48.5 Å². The van der Waals surface area contributed by atoms with Gasteiger partial charge in [0.05, 0.1) is 22.1 Å². The number of aromatic nitrogens is 5. The average molecular weight is 396 g/mol. The molecule has 0 saturated heterocycles. The predicted octanol–water partition coefficient (Wildman–Crippen LogP) is 6.28. The molecule has 0 atom stereocenters. The average Bonchev–Trinajstić information content (AvgIpc) is 3.33. The maximum absolute atomic E-state index is 5.02. The van der Waals surface area contributed by atoms with E-state index in [1.807, 2.05) is 30.3 Å². The molecule has 150 valence electrons. The summed E-state index contributed by atoms with van der Waals surface area (Å²) in [7, 11) is 0. The minimum Gasteiger partial charge on any atom is -0.320 e. The van der Waals surface area contributed by atoms with Crippen molar-refractivity contribution in [3.8, 4) is 23.0 Å². The molecule has 0 bridgehead atoms. The Morgan fingerprint density at radius 3 is 1.40 bits per heavy atom. The Hall–Kier alpha value is -3.47. The summed E-state index contributed by atoms with van der Waals surface area (Å²) in [6.45, 7) is 8.72. The number of para-hydroxylation sites is 4. The predicted molar refractivity (Wildman–Crippen MR) is 122 cm³/mol. The SMILES string of the molecule is CC(C)n1c(-c2cccc(-c3nc4ccccc4n3C(C)C)n2)nc2ccccc21. The Kier molecular flexibility index (Phi) is 4.39. The normalized spacial score (nSPS) is 11.9. The molecule has 0 radical (unpaired) electrons. The number of rotatable bonds is 4. The number of hydrogen-bond donors (Lipinski definition) is 0. The van der Waals surface area contributed by atoms with Crippen LogP contribution in [0.25, 0.3) is 45.1 Å². The van der Waals surface area contributed by atoms with Crippen LogP contribution in [0.5, 0.6) is 0 Å². The van der Waals surface area contributed by atoms with E-state index in [9.17, 15) is 0 Å². The van der Waals surface area contributed by atoms with Crippen LogP contribution in [0.3, 0.4) is 0 Å². The van der Waals surface area contributed by atoms with E-state index in [-0.39, 0.29) is 12.1 Å². The highest BCUT2D eigenvalue weighted by Crippen LogP contribution is 2.31. The third kappa shape index (κ3) is 2.89. The lowest BCUT2D eigenvalue weighted by molar-refractivity contribution is 0.621. The van der Waals surface area contributed by atoms with Crippen molar-refractivity contribution in [1.29, 1.82) is 0 Å². The van der Waals surface area contributed by atoms with Gasteiger partial charge < -0.3 is 9.13 Å². The first kappa shape index (κ1) is 18.6. The molecule has 0 N–H and O–H groups in total. The van der Waals surface area contributed by atoms with Crippen LogP contribution in [0.2, 0.25) is 0 Å². The lowest BCUT2D eigenvalue weighted by atomic mass is 10.2. The van der Waals surface area contributed by atoms with E-state index in [4.69, 9.17) is 15.0 Å². The zero-order valence-electron chi connectivity index (χ0n) is 17.7. The highest BCUT2D eigenvalue weighted by molar-refractivity contribution is 5.82. The van der Waals surface area contributed by atoms with Crippen molar-refractivity contribution >= 4 is 22.1 Å². The molecule has 0 fully saturated rings. The summed E-state index contributed by atoms with van der Waals surface area (Å²) in [5.41, 5.74) is 5.96. The minimum absolute atomic E-state index is 0.276. The van der Waals surface area contributed by atoms with Gasteiger partial charge in [-0.25, -0.2) is 15.0 Å². The Labute approximate surface area is 176 Å². The molecule has 30 heavy (non-hydrogen) atoms. The molecule has 3 aromatic heterocycles. The summed E-state index contributed by atoms with van der Waals surface area (Å²) in [4.78, 5) is 14.8. The number of fused-ring (bicyclic) bond motifs is 2. The van der Waals surface area contributed by atoms with Gasteiger partial charge in [-0.1, -0.05) is 30.3 Å². The van der Waals surface area contributed by atoms with Crippen molar-refractivity contribution in [1.82, 2.24) is 24.1 Å². The van der Waals surface area contributed by atoms with E-state index in [2.05, 4.69) is 73.2 Å². The second kappa shape index (κ2) is 7.10. The van der Waals surface area contributed by atoms with Gasteiger partial charge in [0.2, 0.25) is 0 Å². The summed E-state index contributed by atoms with van der Waals surface area (Å²) in [5, 5.41) is 0. The fourth-order valence-electron chi connectivity index (χ4n) is 4.18. The maximum atomic E-state index is 5.02. The van der Waals surface area contributed by atoms with Gasteiger partial charge in [-0.05, 0) is 64.1 Å². The molecule has 5 aromatic rings. The lowest BCUT2D eigenvalue weighted by Crippen LogP contribution is -2.06. The molecule has 0 aliphatic rings. The van der Waals surface area contributed by atoms with E-state index in [0.717, 1.165) is 45.1 Å². The van der Waals surface area contributed by atoms with Gasteiger partial charge in [-0.3, -0.25) is 0 Å². The number of imidazole rings is 2. The van der Waals surface area contributed by atoms with Crippen LogP contribution in [0.1, 0.15) is 39.8 Å². The molecule has 2 aromatic carbocycles. The van der Waals surface area contributed by atoms with Gasteiger partial charge >= 0.3 is 0 Å². The molecular formula is C25H25N5. The number of benzene rings is 2. The fourth-order valence-corrected chi connectivity index (χ4v) is 4.18. The molecule has 0 aliphatic heterocycles. The van der Waals surface area contributed by atoms with Crippen LogP contribution >= 0.6 is 0 Å². The lowest BCUT2D eigenvalue weighted by Gasteiger charge is -2.15. The summed E-state index contributed by atoms with van der Waals surface area (Å²) >= 11 is 0. The first-order valence-corrected chi connectivity index (χ1v) is 10.5. The molecule has 0 spiro atoms. The summed E-state index contributed by atoms with van der Waals surface area (Å²) in [5.74, 6) is 1.78. The van der Waals surface area contributed by atoms with Gasteiger partial charge in [0.15, 0.2) is 11.6 Å².